The smallest absolute Gasteiger partial charge is 0.211 e. The Hall–Kier alpha value is -1.59. The SMILES string of the molecule is C[C@@H]1CCN(S(=O)(=O)CC#N)[C@H]1c1ccc(C(F)(F)F)cc1. The number of hydrogen-bond donors (Lipinski definition) is 0. The van der Waals surface area contributed by atoms with Crippen LogP contribution >= 0.6 is 0 Å². The van der Waals surface area contributed by atoms with Gasteiger partial charge in [0.1, 0.15) is 0 Å². The lowest BCUT2D eigenvalue weighted by Crippen LogP contribution is -2.33. The standard InChI is InChI=1S/C14H15F3N2O2S/c1-10-6-8-19(22(20,21)9-7-18)13(10)11-2-4-12(5-3-11)14(15,16)17/h2-5,10,13H,6,8-9H2,1H3/t10-,13-/m1/s1. The molecule has 0 N–H and O–H groups in total. The Bertz CT molecular complexity index is 678. The molecule has 8 heteroatoms. The van der Waals surface area contributed by atoms with Crippen molar-refractivity contribution in [3.8, 4) is 6.07 Å². The van der Waals surface area contributed by atoms with Crippen LogP contribution in [0, 0.1) is 17.2 Å². The number of nitriles is 1. The number of benzene rings is 1. The predicted molar refractivity (Wildman–Crippen MR) is 74.1 cm³/mol. The molecule has 0 unspecified atom stereocenters. The molecule has 0 aliphatic carbocycles. The molecule has 1 fully saturated rings. The van der Waals surface area contributed by atoms with Gasteiger partial charge in [0.05, 0.1) is 17.7 Å². The molecule has 0 saturated carbocycles. The lowest BCUT2D eigenvalue weighted by molar-refractivity contribution is -0.137. The third-order valence-corrected chi connectivity index (χ3v) is 5.46. The van der Waals surface area contributed by atoms with Crippen LogP contribution in [0.1, 0.15) is 30.5 Å². The minimum absolute atomic E-state index is 0.0230. The lowest BCUT2D eigenvalue weighted by atomic mass is 9.95. The molecule has 0 bridgehead atoms. The molecule has 22 heavy (non-hydrogen) atoms. The van der Waals surface area contributed by atoms with Crippen molar-refractivity contribution >= 4 is 10.0 Å². The van der Waals surface area contributed by atoms with Crippen molar-refractivity contribution < 1.29 is 21.6 Å². The van der Waals surface area contributed by atoms with Gasteiger partial charge in [0.2, 0.25) is 10.0 Å². The molecule has 2 atom stereocenters. The molecule has 0 radical (unpaired) electrons. The molecule has 2 rings (SSSR count). The number of hydrogen-bond acceptors (Lipinski definition) is 3. The summed E-state index contributed by atoms with van der Waals surface area (Å²) >= 11 is 0. The molecule has 1 heterocycles. The van der Waals surface area contributed by atoms with Crippen molar-refractivity contribution in [3.05, 3.63) is 35.4 Å². The zero-order valence-corrected chi connectivity index (χ0v) is 12.7. The van der Waals surface area contributed by atoms with Crippen LogP contribution in [-0.2, 0) is 16.2 Å². The van der Waals surface area contributed by atoms with E-state index in [9.17, 15) is 21.6 Å². The fraction of sp³-hybridized carbons (Fsp3) is 0.500. The number of rotatable bonds is 3. The molecular formula is C14H15F3N2O2S. The van der Waals surface area contributed by atoms with Crippen molar-refractivity contribution in [2.24, 2.45) is 5.92 Å². The van der Waals surface area contributed by atoms with Crippen LogP contribution in [0.25, 0.3) is 0 Å². The highest BCUT2D eigenvalue weighted by Crippen LogP contribution is 2.40. The van der Waals surface area contributed by atoms with E-state index in [1.807, 2.05) is 6.92 Å². The van der Waals surface area contributed by atoms with Crippen LogP contribution in [0.2, 0.25) is 0 Å². The van der Waals surface area contributed by atoms with E-state index >= 15 is 0 Å². The van der Waals surface area contributed by atoms with E-state index in [2.05, 4.69) is 0 Å². The number of alkyl halides is 3. The zero-order chi connectivity index (χ0) is 16.5. The number of nitrogens with zero attached hydrogens (tertiary/aromatic N) is 2. The first-order valence-corrected chi connectivity index (χ1v) is 8.31. The lowest BCUT2D eigenvalue weighted by Gasteiger charge is -2.26. The molecule has 0 spiro atoms. The predicted octanol–water partition coefficient (Wildman–Crippen LogP) is 2.94. The summed E-state index contributed by atoms with van der Waals surface area (Å²) in [4.78, 5) is 0. The van der Waals surface area contributed by atoms with Crippen molar-refractivity contribution in [3.63, 3.8) is 0 Å². The molecule has 1 aromatic rings. The van der Waals surface area contributed by atoms with Crippen LogP contribution in [0.3, 0.4) is 0 Å². The van der Waals surface area contributed by atoms with Crippen molar-refractivity contribution in [1.82, 2.24) is 4.31 Å². The van der Waals surface area contributed by atoms with Gasteiger partial charge in [-0.3, -0.25) is 0 Å². The summed E-state index contributed by atoms with van der Waals surface area (Å²) < 4.78 is 63.2. The highest BCUT2D eigenvalue weighted by Gasteiger charge is 2.40. The van der Waals surface area contributed by atoms with Gasteiger partial charge in [-0.05, 0) is 30.0 Å². The summed E-state index contributed by atoms with van der Waals surface area (Å²) in [5.41, 5.74) is -0.257. The third-order valence-electron chi connectivity index (χ3n) is 3.84. The van der Waals surface area contributed by atoms with E-state index < -0.39 is 33.6 Å². The summed E-state index contributed by atoms with van der Waals surface area (Å²) in [6.45, 7) is 2.13. The van der Waals surface area contributed by atoms with Crippen molar-refractivity contribution in [2.45, 2.75) is 25.6 Å². The quantitative estimate of drug-likeness (QED) is 0.855. The average molecular weight is 332 g/mol. The minimum atomic E-state index is -4.42. The van der Waals surface area contributed by atoms with Gasteiger partial charge in [-0.2, -0.15) is 22.7 Å². The van der Waals surface area contributed by atoms with Gasteiger partial charge < -0.3 is 0 Å². The summed E-state index contributed by atoms with van der Waals surface area (Å²) in [5, 5.41) is 8.63. The van der Waals surface area contributed by atoms with E-state index in [0.29, 0.717) is 12.0 Å². The van der Waals surface area contributed by atoms with E-state index in [0.717, 1.165) is 12.1 Å². The van der Waals surface area contributed by atoms with E-state index in [1.54, 1.807) is 6.07 Å². The molecule has 1 aliphatic rings. The maximum Gasteiger partial charge on any atom is 0.416 e. The Kier molecular flexibility index (Phi) is 4.49. The monoisotopic (exact) mass is 332 g/mol. The van der Waals surface area contributed by atoms with E-state index in [-0.39, 0.29) is 12.5 Å². The highest BCUT2D eigenvalue weighted by atomic mass is 32.2. The molecule has 1 aliphatic heterocycles. The van der Waals surface area contributed by atoms with Gasteiger partial charge in [-0.1, -0.05) is 19.1 Å². The average Bonchev–Trinajstić information content (AvgIpc) is 2.80. The van der Waals surface area contributed by atoms with Gasteiger partial charge >= 0.3 is 6.18 Å². The molecule has 0 aromatic heterocycles. The normalized spacial score (nSPS) is 23.4. The van der Waals surface area contributed by atoms with Crippen molar-refractivity contribution in [2.75, 3.05) is 12.3 Å². The molecule has 120 valence electrons. The second-order valence-corrected chi connectivity index (χ2v) is 7.28. The van der Waals surface area contributed by atoms with Crippen LogP contribution in [0.4, 0.5) is 13.2 Å². The first-order chi connectivity index (χ1) is 10.2. The zero-order valence-electron chi connectivity index (χ0n) is 11.8. The van der Waals surface area contributed by atoms with Gasteiger partial charge in [0, 0.05) is 6.54 Å². The first-order valence-electron chi connectivity index (χ1n) is 6.70. The largest absolute Gasteiger partial charge is 0.416 e. The van der Waals surface area contributed by atoms with Crippen LogP contribution in [-0.4, -0.2) is 25.0 Å². The van der Waals surface area contributed by atoms with Gasteiger partial charge in [-0.25, -0.2) is 8.42 Å². The van der Waals surface area contributed by atoms with Gasteiger partial charge in [-0.15, -0.1) is 0 Å². The van der Waals surface area contributed by atoms with Crippen LogP contribution < -0.4 is 0 Å². The molecule has 4 nitrogen and oxygen atoms in total. The Morgan fingerprint density at radius 1 is 1.32 bits per heavy atom. The fourth-order valence-electron chi connectivity index (χ4n) is 2.75. The second-order valence-electron chi connectivity index (χ2n) is 5.36. The fourth-order valence-corrected chi connectivity index (χ4v) is 4.14. The molecule has 1 saturated heterocycles. The van der Waals surface area contributed by atoms with E-state index in [1.165, 1.54) is 16.4 Å². The highest BCUT2D eigenvalue weighted by molar-refractivity contribution is 7.89. The summed E-state index contributed by atoms with van der Waals surface area (Å²) in [7, 11) is -3.73. The number of sulfonamides is 1. The Balaban J connectivity index is 2.35. The molecule has 0 amide bonds. The van der Waals surface area contributed by atoms with Gasteiger partial charge in [0.25, 0.3) is 0 Å². The summed E-state index contributed by atoms with van der Waals surface area (Å²) in [6.07, 6.45) is -3.82. The van der Waals surface area contributed by atoms with Crippen molar-refractivity contribution in [1.29, 1.82) is 5.26 Å². The Morgan fingerprint density at radius 3 is 2.41 bits per heavy atom. The molecular weight excluding hydrogens is 317 g/mol. The first kappa shape index (κ1) is 16.8. The third kappa shape index (κ3) is 3.25. The maximum atomic E-state index is 12.6. The Morgan fingerprint density at radius 2 is 1.91 bits per heavy atom. The molecule has 1 aromatic carbocycles. The topological polar surface area (TPSA) is 61.2 Å². The second kappa shape index (κ2) is 5.89. The van der Waals surface area contributed by atoms with E-state index in [4.69, 9.17) is 5.26 Å². The van der Waals surface area contributed by atoms with Crippen LogP contribution in [0.15, 0.2) is 24.3 Å². The Labute approximate surface area is 127 Å². The number of halogens is 3. The summed E-state index contributed by atoms with van der Waals surface area (Å²) in [6, 6.07) is 5.62. The maximum absolute atomic E-state index is 12.6. The summed E-state index contributed by atoms with van der Waals surface area (Å²) in [5.74, 6) is -0.651. The minimum Gasteiger partial charge on any atom is -0.211 e. The van der Waals surface area contributed by atoms with Crippen LogP contribution in [0.5, 0.6) is 0 Å². The van der Waals surface area contributed by atoms with Gasteiger partial charge in [0.15, 0.2) is 5.75 Å².